The van der Waals surface area contributed by atoms with Gasteiger partial charge in [0, 0.05) is 19.3 Å². The van der Waals surface area contributed by atoms with Gasteiger partial charge in [0.2, 0.25) is 0 Å². The largest absolute Gasteiger partial charge is 0.354 e. The van der Waals surface area contributed by atoms with Crippen LogP contribution in [0, 0.1) is 11.2 Å². The van der Waals surface area contributed by atoms with Gasteiger partial charge in [0.1, 0.15) is 5.82 Å². The number of hydrogen-bond acceptors (Lipinski definition) is 2. The van der Waals surface area contributed by atoms with E-state index in [1.54, 1.807) is 19.3 Å². The molecule has 0 aliphatic carbocycles. The van der Waals surface area contributed by atoms with Gasteiger partial charge in [-0.2, -0.15) is 0 Å². The molecule has 0 amide bonds. The van der Waals surface area contributed by atoms with Crippen LogP contribution in [0.15, 0.2) is 23.3 Å². The molecule has 0 saturated heterocycles. The molecular weight excluding hydrogens is 267 g/mol. The van der Waals surface area contributed by atoms with Crippen molar-refractivity contribution < 1.29 is 4.39 Å². The normalized spacial score (nSPS) is 13.9. The molecule has 0 aliphatic rings. The van der Waals surface area contributed by atoms with Crippen molar-refractivity contribution in [3.8, 4) is 0 Å². The highest BCUT2D eigenvalue weighted by atomic mass is 19.1. The molecular formula is C16H27FN4. The average molecular weight is 294 g/mol. The summed E-state index contributed by atoms with van der Waals surface area (Å²) in [5, 5.41) is 6.41. The highest BCUT2D eigenvalue weighted by Gasteiger charge is 2.13. The van der Waals surface area contributed by atoms with Crippen LogP contribution in [0.2, 0.25) is 0 Å². The molecule has 0 aromatic carbocycles. The topological polar surface area (TPSA) is 49.3 Å². The Bertz CT molecular complexity index is 466. The van der Waals surface area contributed by atoms with Crippen molar-refractivity contribution in [1.82, 2.24) is 15.6 Å². The zero-order chi connectivity index (χ0) is 15.9. The average Bonchev–Trinajstić information content (AvgIpc) is 2.42. The Labute approximate surface area is 127 Å². The number of rotatable bonds is 5. The van der Waals surface area contributed by atoms with Crippen molar-refractivity contribution in [2.24, 2.45) is 10.4 Å². The van der Waals surface area contributed by atoms with E-state index < -0.39 is 0 Å². The van der Waals surface area contributed by atoms with Crippen molar-refractivity contribution in [2.45, 2.75) is 53.1 Å². The fourth-order valence-electron chi connectivity index (χ4n) is 1.87. The van der Waals surface area contributed by atoms with E-state index in [-0.39, 0.29) is 5.82 Å². The minimum Gasteiger partial charge on any atom is -0.354 e. The summed E-state index contributed by atoms with van der Waals surface area (Å²) in [7, 11) is 1.71. The first-order chi connectivity index (χ1) is 9.81. The van der Waals surface area contributed by atoms with E-state index in [2.05, 4.69) is 48.3 Å². The molecule has 1 aromatic rings. The van der Waals surface area contributed by atoms with Crippen molar-refractivity contribution >= 4 is 5.96 Å². The molecule has 0 radical (unpaired) electrons. The molecule has 21 heavy (non-hydrogen) atoms. The Hall–Kier alpha value is -1.65. The summed E-state index contributed by atoms with van der Waals surface area (Å²) < 4.78 is 13.5. The Balaban J connectivity index is 2.44. The van der Waals surface area contributed by atoms with Crippen LogP contribution in [-0.2, 0) is 6.54 Å². The Morgan fingerprint density at radius 1 is 1.43 bits per heavy atom. The van der Waals surface area contributed by atoms with Gasteiger partial charge in [-0.25, -0.2) is 4.39 Å². The third kappa shape index (κ3) is 7.06. The predicted molar refractivity (Wildman–Crippen MR) is 85.7 cm³/mol. The molecule has 0 fully saturated rings. The summed E-state index contributed by atoms with van der Waals surface area (Å²) in [6.07, 6.45) is 3.78. The molecule has 0 aliphatic heterocycles. The van der Waals surface area contributed by atoms with Crippen molar-refractivity contribution in [2.75, 3.05) is 7.05 Å². The Morgan fingerprint density at radius 2 is 2.14 bits per heavy atom. The van der Waals surface area contributed by atoms with Gasteiger partial charge in [-0.1, -0.05) is 20.8 Å². The number of nitrogens with one attached hydrogen (secondary N) is 2. The summed E-state index contributed by atoms with van der Waals surface area (Å²) in [4.78, 5) is 8.17. The molecule has 1 heterocycles. The second-order valence-corrected chi connectivity index (χ2v) is 6.50. The van der Waals surface area contributed by atoms with Crippen molar-refractivity contribution in [3.05, 3.63) is 29.8 Å². The van der Waals surface area contributed by atoms with Crippen molar-refractivity contribution in [1.29, 1.82) is 0 Å². The number of nitrogens with zero attached hydrogens (tertiary/aromatic N) is 2. The molecule has 0 saturated carbocycles. The first-order valence-corrected chi connectivity index (χ1v) is 7.38. The molecule has 5 heteroatoms. The minimum atomic E-state index is -0.304. The van der Waals surface area contributed by atoms with E-state index in [1.807, 2.05) is 0 Å². The van der Waals surface area contributed by atoms with Crippen LogP contribution in [0.25, 0.3) is 0 Å². The second-order valence-electron chi connectivity index (χ2n) is 6.50. The first kappa shape index (κ1) is 17.4. The lowest BCUT2D eigenvalue weighted by Gasteiger charge is -2.23. The molecule has 4 nitrogen and oxygen atoms in total. The standard InChI is InChI=1S/C16H27FN4/c1-12(8-9-16(2,3)4)21-15(18-5)20-11-14-13(17)7-6-10-19-14/h6-7,10,12H,8-9,11H2,1-5H3,(H2,18,20,21). The van der Waals surface area contributed by atoms with Crippen LogP contribution in [0.1, 0.15) is 46.2 Å². The monoisotopic (exact) mass is 294 g/mol. The minimum absolute atomic E-state index is 0.304. The molecule has 2 N–H and O–H groups in total. The molecule has 1 rings (SSSR count). The van der Waals surface area contributed by atoms with E-state index in [0.29, 0.717) is 29.7 Å². The maximum absolute atomic E-state index is 13.5. The molecule has 0 bridgehead atoms. The van der Waals surface area contributed by atoms with Crippen molar-refractivity contribution in [3.63, 3.8) is 0 Å². The zero-order valence-electron chi connectivity index (χ0n) is 13.7. The molecule has 1 aromatic heterocycles. The van der Waals surface area contributed by atoms with E-state index in [0.717, 1.165) is 12.8 Å². The lowest BCUT2D eigenvalue weighted by atomic mass is 9.89. The van der Waals surface area contributed by atoms with Crippen LogP contribution in [0.4, 0.5) is 4.39 Å². The number of guanidine groups is 1. The van der Waals surface area contributed by atoms with Gasteiger partial charge in [-0.05, 0) is 37.3 Å². The smallest absolute Gasteiger partial charge is 0.191 e. The van der Waals surface area contributed by atoms with E-state index in [1.165, 1.54) is 6.07 Å². The number of halogens is 1. The molecule has 0 spiro atoms. The van der Waals surface area contributed by atoms with Gasteiger partial charge in [0.25, 0.3) is 0 Å². The van der Waals surface area contributed by atoms with Crippen LogP contribution in [0.5, 0.6) is 0 Å². The fourth-order valence-corrected chi connectivity index (χ4v) is 1.87. The van der Waals surface area contributed by atoms with Gasteiger partial charge >= 0.3 is 0 Å². The van der Waals surface area contributed by atoms with Crippen LogP contribution >= 0.6 is 0 Å². The number of hydrogen-bond donors (Lipinski definition) is 2. The predicted octanol–water partition coefficient (Wildman–Crippen LogP) is 3.10. The molecule has 1 unspecified atom stereocenters. The van der Waals surface area contributed by atoms with Crippen LogP contribution in [0.3, 0.4) is 0 Å². The lowest BCUT2D eigenvalue weighted by Crippen LogP contribution is -2.42. The van der Waals surface area contributed by atoms with E-state index >= 15 is 0 Å². The lowest BCUT2D eigenvalue weighted by molar-refractivity contribution is 0.346. The Kier molecular flexibility index (Phi) is 6.59. The van der Waals surface area contributed by atoms with Gasteiger partial charge in [0.05, 0.1) is 12.2 Å². The van der Waals surface area contributed by atoms with Gasteiger partial charge in [0.15, 0.2) is 5.96 Å². The fraction of sp³-hybridized carbons (Fsp3) is 0.625. The van der Waals surface area contributed by atoms with Crippen LogP contribution < -0.4 is 10.6 Å². The maximum Gasteiger partial charge on any atom is 0.191 e. The van der Waals surface area contributed by atoms with E-state index in [9.17, 15) is 4.39 Å². The highest BCUT2D eigenvalue weighted by Crippen LogP contribution is 2.21. The molecule has 118 valence electrons. The summed E-state index contributed by atoms with van der Waals surface area (Å²) in [5.41, 5.74) is 0.715. The van der Waals surface area contributed by atoms with Gasteiger partial charge < -0.3 is 10.6 Å². The summed E-state index contributed by atoms with van der Waals surface area (Å²) in [6, 6.07) is 3.30. The second kappa shape index (κ2) is 7.96. The Morgan fingerprint density at radius 3 is 2.71 bits per heavy atom. The maximum atomic E-state index is 13.5. The summed E-state index contributed by atoms with van der Waals surface area (Å²) in [6.45, 7) is 9.14. The summed E-state index contributed by atoms with van der Waals surface area (Å²) >= 11 is 0. The van der Waals surface area contributed by atoms with Gasteiger partial charge in [-0.15, -0.1) is 0 Å². The summed E-state index contributed by atoms with van der Waals surface area (Å²) in [5.74, 6) is 0.364. The molecule has 1 atom stereocenters. The van der Waals surface area contributed by atoms with Gasteiger partial charge in [-0.3, -0.25) is 9.98 Å². The number of pyridine rings is 1. The number of aliphatic imine (C=N–C) groups is 1. The first-order valence-electron chi connectivity index (χ1n) is 7.38. The SMILES string of the molecule is CN=C(NCc1ncccc1F)NC(C)CCC(C)(C)C. The number of aromatic nitrogens is 1. The van der Waals surface area contributed by atoms with Crippen LogP contribution in [-0.4, -0.2) is 24.0 Å². The third-order valence-corrected chi connectivity index (χ3v) is 3.19. The van der Waals surface area contributed by atoms with E-state index in [4.69, 9.17) is 0 Å². The highest BCUT2D eigenvalue weighted by molar-refractivity contribution is 5.79. The third-order valence-electron chi connectivity index (χ3n) is 3.19. The quantitative estimate of drug-likeness (QED) is 0.648. The zero-order valence-corrected chi connectivity index (χ0v) is 13.7.